The number of methoxy groups -OCH3 is 1. The van der Waals surface area contributed by atoms with Gasteiger partial charge in [-0.2, -0.15) is 4.31 Å². The molecular weight excluding hydrogens is 347 g/mol. The number of aromatic nitrogens is 2. The van der Waals surface area contributed by atoms with Gasteiger partial charge < -0.3 is 9.64 Å². The Morgan fingerprint density at radius 1 is 1.08 bits per heavy atom. The molecule has 1 aromatic carbocycles. The molecule has 0 saturated carbocycles. The number of nitrogens with zero attached hydrogens (tertiary/aromatic N) is 4. The van der Waals surface area contributed by atoms with Gasteiger partial charge in [-0.3, -0.25) is 0 Å². The van der Waals surface area contributed by atoms with E-state index in [1.807, 2.05) is 0 Å². The standard InChI is InChI=1S/C16H19FN4O3S/c1-24-13-5-3-12(4-6-13)15-14(17)16(19-11-18-15)20-7-9-21(10-8-20)25(2,22)23/h3-6,11H,7-10H2,1-2H3. The Morgan fingerprint density at radius 2 is 1.72 bits per heavy atom. The van der Waals surface area contributed by atoms with E-state index >= 15 is 0 Å². The maximum Gasteiger partial charge on any atom is 0.211 e. The second-order valence-corrected chi connectivity index (χ2v) is 7.72. The van der Waals surface area contributed by atoms with Crippen molar-refractivity contribution in [2.45, 2.75) is 0 Å². The van der Waals surface area contributed by atoms with Crippen LogP contribution in [0.15, 0.2) is 30.6 Å². The maximum atomic E-state index is 14.9. The first-order chi connectivity index (χ1) is 11.9. The van der Waals surface area contributed by atoms with Gasteiger partial charge in [-0.25, -0.2) is 22.8 Å². The molecule has 2 aromatic rings. The molecule has 9 heteroatoms. The number of hydrogen-bond acceptors (Lipinski definition) is 6. The van der Waals surface area contributed by atoms with Crippen LogP contribution in [0.4, 0.5) is 10.2 Å². The van der Waals surface area contributed by atoms with Crippen LogP contribution in [0.3, 0.4) is 0 Å². The number of anilines is 1. The zero-order valence-corrected chi connectivity index (χ0v) is 14.8. The second kappa shape index (κ2) is 6.93. The molecule has 1 fully saturated rings. The maximum absolute atomic E-state index is 14.9. The van der Waals surface area contributed by atoms with Gasteiger partial charge in [0.05, 0.1) is 13.4 Å². The van der Waals surface area contributed by atoms with Crippen molar-refractivity contribution in [3.8, 4) is 17.0 Å². The van der Waals surface area contributed by atoms with E-state index in [1.54, 1.807) is 36.3 Å². The van der Waals surface area contributed by atoms with Crippen molar-refractivity contribution in [1.29, 1.82) is 0 Å². The SMILES string of the molecule is COc1ccc(-c2ncnc(N3CCN(S(C)(=O)=O)CC3)c2F)cc1. The molecule has 0 bridgehead atoms. The normalized spacial score (nSPS) is 16.0. The summed E-state index contributed by atoms with van der Waals surface area (Å²) >= 11 is 0. The van der Waals surface area contributed by atoms with Gasteiger partial charge in [-0.15, -0.1) is 0 Å². The van der Waals surface area contributed by atoms with Gasteiger partial charge in [0, 0.05) is 31.7 Å². The molecular formula is C16H19FN4O3S. The van der Waals surface area contributed by atoms with Crippen LogP contribution in [0.5, 0.6) is 5.75 Å². The van der Waals surface area contributed by atoms with E-state index in [4.69, 9.17) is 4.74 Å². The molecule has 0 radical (unpaired) electrons. The van der Waals surface area contributed by atoms with Crippen molar-refractivity contribution in [3.05, 3.63) is 36.4 Å². The molecule has 1 aliphatic rings. The second-order valence-electron chi connectivity index (χ2n) is 5.74. The highest BCUT2D eigenvalue weighted by molar-refractivity contribution is 7.88. The van der Waals surface area contributed by atoms with Crippen LogP contribution in [0.25, 0.3) is 11.3 Å². The average molecular weight is 366 g/mol. The number of sulfonamides is 1. The Labute approximate surface area is 146 Å². The van der Waals surface area contributed by atoms with E-state index in [-0.39, 0.29) is 11.5 Å². The smallest absolute Gasteiger partial charge is 0.211 e. The number of piperazine rings is 1. The van der Waals surface area contributed by atoms with Crippen molar-refractivity contribution >= 4 is 15.8 Å². The molecule has 0 atom stereocenters. The summed E-state index contributed by atoms with van der Waals surface area (Å²) in [4.78, 5) is 9.85. The first-order valence-corrected chi connectivity index (χ1v) is 9.60. The van der Waals surface area contributed by atoms with Gasteiger partial charge in [-0.05, 0) is 24.3 Å². The number of rotatable bonds is 4. The molecule has 1 aromatic heterocycles. The summed E-state index contributed by atoms with van der Waals surface area (Å²) in [5, 5.41) is 0. The van der Waals surface area contributed by atoms with Gasteiger partial charge in [0.15, 0.2) is 11.6 Å². The molecule has 134 valence electrons. The number of halogens is 1. The third-order valence-corrected chi connectivity index (χ3v) is 5.44. The summed E-state index contributed by atoms with van der Waals surface area (Å²) in [6, 6.07) is 6.94. The van der Waals surface area contributed by atoms with E-state index in [0.717, 1.165) is 0 Å². The number of hydrogen-bond donors (Lipinski definition) is 0. The molecule has 3 rings (SSSR count). The summed E-state index contributed by atoms with van der Waals surface area (Å²) in [6.45, 7) is 1.37. The van der Waals surface area contributed by atoms with Crippen molar-refractivity contribution in [2.75, 3.05) is 44.4 Å². The Kier molecular flexibility index (Phi) is 4.87. The molecule has 7 nitrogen and oxygen atoms in total. The first-order valence-electron chi connectivity index (χ1n) is 7.75. The Hall–Kier alpha value is -2.26. The molecule has 0 aliphatic carbocycles. The zero-order chi connectivity index (χ0) is 18.0. The Morgan fingerprint density at radius 3 is 2.28 bits per heavy atom. The minimum Gasteiger partial charge on any atom is -0.497 e. The van der Waals surface area contributed by atoms with E-state index < -0.39 is 15.8 Å². The number of benzene rings is 1. The quantitative estimate of drug-likeness (QED) is 0.814. The van der Waals surface area contributed by atoms with Gasteiger partial charge in [0.2, 0.25) is 10.0 Å². The minimum absolute atomic E-state index is 0.189. The molecule has 25 heavy (non-hydrogen) atoms. The van der Waals surface area contributed by atoms with Crippen molar-refractivity contribution in [1.82, 2.24) is 14.3 Å². The summed E-state index contributed by atoms with van der Waals surface area (Å²) < 4.78 is 44.6. The minimum atomic E-state index is -3.23. The largest absolute Gasteiger partial charge is 0.497 e. The highest BCUT2D eigenvalue weighted by Crippen LogP contribution is 2.28. The van der Waals surface area contributed by atoms with Crippen LogP contribution in [0.2, 0.25) is 0 Å². The monoisotopic (exact) mass is 366 g/mol. The van der Waals surface area contributed by atoms with Gasteiger partial charge >= 0.3 is 0 Å². The van der Waals surface area contributed by atoms with E-state index in [2.05, 4.69) is 9.97 Å². The van der Waals surface area contributed by atoms with Crippen molar-refractivity contribution < 1.29 is 17.5 Å². The first kappa shape index (κ1) is 17.6. The van der Waals surface area contributed by atoms with Crippen LogP contribution < -0.4 is 9.64 Å². The van der Waals surface area contributed by atoms with Gasteiger partial charge in [0.25, 0.3) is 0 Å². The summed E-state index contributed by atoms with van der Waals surface area (Å²) in [5.74, 6) is 0.352. The topological polar surface area (TPSA) is 75.6 Å². The molecule has 1 saturated heterocycles. The number of ether oxygens (including phenoxy) is 1. The lowest BCUT2D eigenvalue weighted by Crippen LogP contribution is -2.48. The molecule has 0 amide bonds. The molecule has 1 aliphatic heterocycles. The van der Waals surface area contributed by atoms with Crippen LogP contribution in [0, 0.1) is 5.82 Å². The van der Waals surface area contributed by atoms with Gasteiger partial charge in [0.1, 0.15) is 17.8 Å². The fraction of sp³-hybridized carbons (Fsp3) is 0.375. The van der Waals surface area contributed by atoms with Gasteiger partial charge in [-0.1, -0.05) is 0 Å². The van der Waals surface area contributed by atoms with E-state index in [1.165, 1.54) is 16.9 Å². The Bertz CT molecular complexity index is 850. The van der Waals surface area contributed by atoms with E-state index in [0.29, 0.717) is 37.5 Å². The van der Waals surface area contributed by atoms with Crippen LogP contribution >= 0.6 is 0 Å². The van der Waals surface area contributed by atoms with Crippen molar-refractivity contribution in [2.24, 2.45) is 0 Å². The predicted octanol–water partition coefficient (Wildman–Crippen LogP) is 1.37. The zero-order valence-electron chi connectivity index (χ0n) is 14.0. The van der Waals surface area contributed by atoms with Crippen molar-refractivity contribution in [3.63, 3.8) is 0 Å². The van der Waals surface area contributed by atoms with Crippen LogP contribution in [-0.4, -0.2) is 62.2 Å². The Balaban J connectivity index is 1.84. The summed E-state index contributed by atoms with van der Waals surface area (Å²) in [7, 11) is -1.67. The fourth-order valence-corrected chi connectivity index (χ4v) is 3.59. The molecule has 0 N–H and O–H groups in total. The van der Waals surface area contributed by atoms with Crippen LogP contribution in [0.1, 0.15) is 0 Å². The van der Waals surface area contributed by atoms with Crippen LogP contribution in [-0.2, 0) is 10.0 Å². The lowest BCUT2D eigenvalue weighted by molar-refractivity contribution is 0.384. The lowest BCUT2D eigenvalue weighted by atomic mass is 10.1. The molecule has 2 heterocycles. The third-order valence-electron chi connectivity index (χ3n) is 4.14. The van der Waals surface area contributed by atoms with E-state index in [9.17, 15) is 12.8 Å². The summed E-state index contributed by atoms with van der Waals surface area (Å²) in [5.41, 5.74) is 0.829. The molecule has 0 unspecified atom stereocenters. The highest BCUT2D eigenvalue weighted by Gasteiger charge is 2.26. The fourth-order valence-electron chi connectivity index (χ4n) is 2.76. The average Bonchev–Trinajstić information content (AvgIpc) is 2.61. The summed E-state index contributed by atoms with van der Waals surface area (Å²) in [6.07, 6.45) is 2.50. The highest BCUT2D eigenvalue weighted by atomic mass is 32.2. The predicted molar refractivity (Wildman–Crippen MR) is 92.6 cm³/mol. The lowest BCUT2D eigenvalue weighted by Gasteiger charge is -2.34. The molecule has 0 spiro atoms. The third kappa shape index (κ3) is 3.72.